The number of rotatable bonds is 10. The lowest BCUT2D eigenvalue weighted by molar-refractivity contribution is -0.160. The van der Waals surface area contributed by atoms with Crippen molar-refractivity contribution in [1.29, 1.82) is 0 Å². The van der Waals surface area contributed by atoms with Crippen LogP contribution < -0.4 is 9.64 Å². The number of carboxylic acids is 1. The summed E-state index contributed by atoms with van der Waals surface area (Å²) >= 11 is 0. The molecular formula is C33H40N4O6S. The van der Waals surface area contributed by atoms with Gasteiger partial charge in [0.05, 0.1) is 41.6 Å². The Bertz CT molecular complexity index is 1810. The zero-order valence-corrected chi connectivity index (χ0v) is 27.2. The maximum atomic E-state index is 12.9. The van der Waals surface area contributed by atoms with Crippen LogP contribution in [0.4, 0.5) is 11.6 Å². The number of hydrogen-bond acceptors (Lipinski definition) is 8. The molecule has 1 aliphatic rings. The zero-order valence-electron chi connectivity index (χ0n) is 26.3. The molecular weight excluding hydrogens is 580 g/mol. The second kappa shape index (κ2) is 11.9. The summed E-state index contributed by atoms with van der Waals surface area (Å²) in [5.74, 6) is -0.110. The third-order valence-electron chi connectivity index (χ3n) is 7.73. The fourth-order valence-corrected chi connectivity index (χ4v) is 6.51. The molecule has 44 heavy (non-hydrogen) atoms. The van der Waals surface area contributed by atoms with Crippen LogP contribution in [0.5, 0.6) is 5.75 Å². The Morgan fingerprint density at radius 3 is 2.32 bits per heavy atom. The van der Waals surface area contributed by atoms with Crippen LogP contribution in [-0.4, -0.2) is 64.8 Å². The van der Waals surface area contributed by atoms with Gasteiger partial charge in [-0.1, -0.05) is 29.8 Å². The number of aliphatic carboxylic acids is 1. The fraction of sp³-hybridized carbons (Fsp3) is 0.424. The Balaban J connectivity index is 1.67. The van der Waals surface area contributed by atoms with Crippen LogP contribution in [0.25, 0.3) is 22.0 Å². The molecule has 5 rings (SSSR count). The van der Waals surface area contributed by atoms with E-state index in [1.165, 1.54) is 6.26 Å². The number of hydrogen-bond donors (Lipinski definition) is 1. The molecule has 0 radical (unpaired) electrons. The van der Waals surface area contributed by atoms with Gasteiger partial charge in [-0.25, -0.2) is 23.2 Å². The topological polar surface area (TPSA) is 124 Å². The lowest BCUT2D eigenvalue weighted by Crippen LogP contribution is -2.32. The molecule has 0 saturated heterocycles. The van der Waals surface area contributed by atoms with Crippen LogP contribution in [0.2, 0.25) is 0 Å². The Labute approximate surface area is 258 Å². The number of carbonyl (C=O) groups is 1. The van der Waals surface area contributed by atoms with Crippen LogP contribution in [-0.2, 0) is 25.9 Å². The highest BCUT2D eigenvalue weighted by Crippen LogP contribution is 2.49. The molecule has 0 amide bonds. The maximum Gasteiger partial charge on any atom is 0.337 e. The summed E-state index contributed by atoms with van der Waals surface area (Å²) in [6.07, 6.45) is 3.52. The third-order valence-corrected chi connectivity index (χ3v) is 8.76. The maximum absolute atomic E-state index is 12.9. The molecule has 2 aromatic carbocycles. The van der Waals surface area contributed by atoms with Gasteiger partial charge in [-0.15, -0.1) is 0 Å². The van der Waals surface area contributed by atoms with Gasteiger partial charge in [0.15, 0.2) is 11.9 Å². The van der Waals surface area contributed by atoms with E-state index in [9.17, 15) is 18.3 Å². The molecule has 0 bridgehead atoms. The van der Waals surface area contributed by atoms with Crippen molar-refractivity contribution in [3.8, 4) is 16.9 Å². The standard InChI is InChI=1S/C33H40N4O6S/c1-20-9-11-23(12-10-20)27-25-17-21(2)36-13-14-37(32-34-18-24(19-35-32)42-15-8-16-44(7,40)41)28(29(25)36)22(3)26(27)30(31(38)39)43-33(4,5)6/h9-12,17-19,30H,8,13-16H2,1-7H3,(H,38,39)/t30-/m0/s1. The van der Waals surface area contributed by atoms with Gasteiger partial charge >= 0.3 is 5.97 Å². The highest BCUT2D eigenvalue weighted by atomic mass is 32.2. The minimum atomic E-state index is -3.06. The molecule has 1 aliphatic heterocycles. The Morgan fingerprint density at radius 1 is 1.07 bits per heavy atom. The van der Waals surface area contributed by atoms with E-state index in [0.717, 1.165) is 44.5 Å². The van der Waals surface area contributed by atoms with Crippen LogP contribution in [0, 0.1) is 20.8 Å². The van der Waals surface area contributed by atoms with Crippen molar-refractivity contribution in [2.75, 3.05) is 30.1 Å². The fourth-order valence-electron chi connectivity index (χ4n) is 5.87. The van der Waals surface area contributed by atoms with Gasteiger partial charge in [0.2, 0.25) is 5.95 Å². The van der Waals surface area contributed by atoms with E-state index in [1.54, 1.807) is 12.4 Å². The highest BCUT2D eigenvalue weighted by Gasteiger charge is 2.36. The van der Waals surface area contributed by atoms with Gasteiger partial charge in [-0.2, -0.15) is 0 Å². The number of nitrogens with zero attached hydrogens (tertiary/aromatic N) is 4. The number of sulfone groups is 1. The van der Waals surface area contributed by atoms with Crippen molar-refractivity contribution in [3.63, 3.8) is 0 Å². The summed E-state index contributed by atoms with van der Waals surface area (Å²) in [5, 5.41) is 11.5. The summed E-state index contributed by atoms with van der Waals surface area (Å²) < 4.78 is 37.1. The summed E-state index contributed by atoms with van der Waals surface area (Å²) in [7, 11) is -3.06. The molecule has 10 nitrogen and oxygen atoms in total. The zero-order chi connectivity index (χ0) is 32.0. The second-order valence-electron chi connectivity index (χ2n) is 12.5. The molecule has 4 aromatic rings. The summed E-state index contributed by atoms with van der Waals surface area (Å²) in [6, 6.07) is 10.3. The molecule has 0 unspecified atom stereocenters. The molecule has 234 valence electrons. The van der Waals surface area contributed by atoms with Crippen LogP contribution in [0.15, 0.2) is 42.7 Å². The van der Waals surface area contributed by atoms with E-state index < -0.39 is 27.5 Å². The van der Waals surface area contributed by atoms with E-state index in [-0.39, 0.29) is 12.4 Å². The Hall–Kier alpha value is -3.96. The predicted octanol–water partition coefficient (Wildman–Crippen LogP) is 5.93. The molecule has 0 saturated carbocycles. The van der Waals surface area contributed by atoms with Gasteiger partial charge in [0.25, 0.3) is 0 Å². The van der Waals surface area contributed by atoms with E-state index >= 15 is 0 Å². The number of benzene rings is 2. The van der Waals surface area contributed by atoms with E-state index in [0.29, 0.717) is 36.8 Å². The molecule has 1 atom stereocenters. The van der Waals surface area contributed by atoms with Gasteiger partial charge in [0.1, 0.15) is 9.84 Å². The Kier molecular flexibility index (Phi) is 8.48. The van der Waals surface area contributed by atoms with E-state index in [1.807, 2.05) is 63.8 Å². The monoisotopic (exact) mass is 620 g/mol. The molecule has 3 heterocycles. The minimum Gasteiger partial charge on any atom is -0.490 e. The smallest absolute Gasteiger partial charge is 0.337 e. The van der Waals surface area contributed by atoms with E-state index in [2.05, 4.69) is 27.5 Å². The van der Waals surface area contributed by atoms with Gasteiger partial charge in [0, 0.05) is 36.0 Å². The summed E-state index contributed by atoms with van der Waals surface area (Å²) in [5.41, 5.74) is 6.48. The van der Waals surface area contributed by atoms with Crippen molar-refractivity contribution in [1.82, 2.24) is 14.5 Å². The first-order valence-corrected chi connectivity index (χ1v) is 16.7. The van der Waals surface area contributed by atoms with Gasteiger partial charge in [-0.05, 0) is 70.7 Å². The quantitative estimate of drug-likeness (QED) is 0.215. The number of anilines is 2. The third kappa shape index (κ3) is 6.44. The summed E-state index contributed by atoms with van der Waals surface area (Å²) in [6.45, 7) is 13.1. The normalized spacial score (nSPS) is 14.2. The molecule has 0 fully saturated rings. The molecule has 1 N–H and O–H groups in total. The minimum absolute atomic E-state index is 0.0469. The van der Waals surface area contributed by atoms with E-state index in [4.69, 9.17) is 9.47 Å². The van der Waals surface area contributed by atoms with Crippen molar-refractivity contribution >= 4 is 38.3 Å². The first-order chi connectivity index (χ1) is 20.6. The van der Waals surface area contributed by atoms with Crippen LogP contribution in [0.1, 0.15) is 55.7 Å². The lowest BCUT2D eigenvalue weighted by Gasteiger charge is -2.35. The van der Waals surface area contributed by atoms with Gasteiger partial charge in [-0.3, -0.25) is 0 Å². The summed E-state index contributed by atoms with van der Waals surface area (Å²) in [4.78, 5) is 24.2. The number of carboxylic acid groups (broad SMARTS) is 1. The van der Waals surface area contributed by atoms with Crippen molar-refractivity contribution in [2.45, 2.75) is 66.2 Å². The first kappa shape index (κ1) is 31.5. The predicted molar refractivity (Wildman–Crippen MR) is 172 cm³/mol. The molecule has 2 aromatic heterocycles. The van der Waals surface area contributed by atoms with Gasteiger partial charge < -0.3 is 24.0 Å². The van der Waals surface area contributed by atoms with Crippen molar-refractivity contribution in [2.24, 2.45) is 0 Å². The lowest BCUT2D eigenvalue weighted by atomic mass is 9.87. The number of aromatic nitrogens is 3. The molecule has 0 aliphatic carbocycles. The van der Waals surface area contributed by atoms with Crippen LogP contribution in [0.3, 0.4) is 0 Å². The largest absolute Gasteiger partial charge is 0.490 e. The number of ether oxygens (including phenoxy) is 2. The highest BCUT2D eigenvalue weighted by molar-refractivity contribution is 7.90. The van der Waals surface area contributed by atoms with Crippen LogP contribution >= 0.6 is 0 Å². The average Bonchev–Trinajstić information content (AvgIpc) is 3.28. The Morgan fingerprint density at radius 2 is 1.73 bits per heavy atom. The second-order valence-corrected chi connectivity index (χ2v) is 14.7. The SMILES string of the molecule is Cc1ccc(-c2c([C@H](OC(C)(C)C)C(=O)O)c(C)c3c4c2cc(C)n4CCN3c2ncc(OCCCS(C)(=O)=O)cn2)cc1. The van der Waals surface area contributed by atoms with Crippen molar-refractivity contribution in [3.05, 3.63) is 65.1 Å². The number of aryl methyl sites for hydroxylation is 2. The molecule has 0 spiro atoms. The first-order valence-electron chi connectivity index (χ1n) is 14.7. The molecule has 11 heteroatoms. The van der Waals surface area contributed by atoms with Crippen molar-refractivity contribution < 1.29 is 27.8 Å². The average molecular weight is 621 g/mol.